The molecule has 0 saturated heterocycles. The maximum Gasteiger partial charge on any atom is 0.138 e. The van der Waals surface area contributed by atoms with Gasteiger partial charge < -0.3 is 10.3 Å². The SMILES string of the molecule is C=C(NCc1cc(F)cc(F)c1)c1cccc(Cc2ccnc3[nH]cc(-c4ccnn4C)c23)c1C. The lowest BCUT2D eigenvalue weighted by Crippen LogP contribution is -2.12. The van der Waals surface area contributed by atoms with Crippen LogP contribution in [0.15, 0.2) is 73.7 Å². The molecule has 0 aliphatic rings. The first-order valence-electron chi connectivity index (χ1n) is 11.3. The van der Waals surface area contributed by atoms with Crippen LogP contribution in [-0.2, 0) is 20.0 Å². The Balaban J connectivity index is 1.43. The number of hydrogen-bond donors (Lipinski definition) is 2. The predicted octanol–water partition coefficient (Wildman–Crippen LogP) is 5.90. The zero-order valence-corrected chi connectivity index (χ0v) is 19.6. The van der Waals surface area contributed by atoms with Crippen LogP contribution < -0.4 is 5.32 Å². The van der Waals surface area contributed by atoms with Crippen molar-refractivity contribution in [3.8, 4) is 11.3 Å². The van der Waals surface area contributed by atoms with Crippen molar-refractivity contribution < 1.29 is 8.78 Å². The van der Waals surface area contributed by atoms with E-state index >= 15 is 0 Å². The lowest BCUT2D eigenvalue weighted by atomic mass is 9.94. The average Bonchev–Trinajstić information content (AvgIpc) is 3.44. The van der Waals surface area contributed by atoms with E-state index in [1.54, 1.807) is 6.20 Å². The average molecular weight is 470 g/mol. The van der Waals surface area contributed by atoms with E-state index in [1.165, 1.54) is 12.1 Å². The molecule has 0 bridgehead atoms. The molecule has 5 nitrogen and oxygen atoms in total. The Kier molecular flexibility index (Phi) is 5.91. The number of aryl methyl sites for hydroxylation is 1. The number of hydrogen-bond acceptors (Lipinski definition) is 3. The molecule has 7 heteroatoms. The zero-order valence-electron chi connectivity index (χ0n) is 19.6. The molecule has 5 rings (SSSR count). The number of fused-ring (bicyclic) bond motifs is 1. The second-order valence-electron chi connectivity index (χ2n) is 8.61. The van der Waals surface area contributed by atoms with Crippen molar-refractivity contribution in [2.75, 3.05) is 0 Å². The van der Waals surface area contributed by atoms with E-state index in [0.29, 0.717) is 17.7 Å². The molecule has 0 fully saturated rings. The van der Waals surface area contributed by atoms with Crippen molar-refractivity contribution in [2.24, 2.45) is 7.05 Å². The van der Waals surface area contributed by atoms with Gasteiger partial charge in [0.15, 0.2) is 0 Å². The minimum Gasteiger partial charge on any atom is -0.381 e. The standard InChI is InChI=1S/C28H25F2N5/c1-17-20(5-4-6-24(17)18(2)32-15-19-11-22(29)14-23(30)12-19)13-21-7-9-31-28-27(21)25(16-33-28)26-8-10-34-35(26)3/h4-12,14,16,32H,2,13,15H2,1,3H3,(H,31,33). The summed E-state index contributed by atoms with van der Waals surface area (Å²) >= 11 is 0. The molecule has 0 saturated carbocycles. The van der Waals surface area contributed by atoms with E-state index in [9.17, 15) is 8.78 Å². The third kappa shape index (κ3) is 4.45. The number of H-pyrrole nitrogens is 1. The van der Waals surface area contributed by atoms with Crippen molar-refractivity contribution in [3.63, 3.8) is 0 Å². The summed E-state index contributed by atoms with van der Waals surface area (Å²) in [5.74, 6) is -1.19. The number of halogens is 2. The largest absolute Gasteiger partial charge is 0.381 e. The summed E-state index contributed by atoms with van der Waals surface area (Å²) in [6.07, 6.45) is 6.29. The number of aromatic nitrogens is 4. The molecular formula is C28H25F2N5. The van der Waals surface area contributed by atoms with Crippen LogP contribution >= 0.6 is 0 Å². The monoisotopic (exact) mass is 469 g/mol. The van der Waals surface area contributed by atoms with Crippen LogP contribution in [0, 0.1) is 18.6 Å². The van der Waals surface area contributed by atoms with E-state index in [4.69, 9.17) is 0 Å². The molecule has 0 unspecified atom stereocenters. The molecule has 0 amide bonds. The number of rotatable bonds is 7. The Morgan fingerprint density at radius 1 is 1.06 bits per heavy atom. The summed E-state index contributed by atoms with van der Waals surface area (Å²) in [7, 11) is 1.93. The van der Waals surface area contributed by atoms with Crippen molar-refractivity contribution >= 4 is 16.7 Å². The van der Waals surface area contributed by atoms with Crippen molar-refractivity contribution in [1.29, 1.82) is 0 Å². The topological polar surface area (TPSA) is 58.5 Å². The molecule has 0 radical (unpaired) electrons. The first-order chi connectivity index (χ1) is 16.9. The van der Waals surface area contributed by atoms with Crippen LogP contribution in [0.25, 0.3) is 28.0 Å². The van der Waals surface area contributed by atoms with Crippen LogP contribution in [-0.4, -0.2) is 19.7 Å². The maximum absolute atomic E-state index is 13.5. The normalized spacial score (nSPS) is 11.2. The highest BCUT2D eigenvalue weighted by molar-refractivity contribution is 5.95. The van der Waals surface area contributed by atoms with Gasteiger partial charge in [0.05, 0.1) is 5.69 Å². The fourth-order valence-electron chi connectivity index (χ4n) is 4.54. The van der Waals surface area contributed by atoms with Gasteiger partial charge in [-0.2, -0.15) is 5.10 Å². The Labute approximate surface area is 202 Å². The summed E-state index contributed by atoms with van der Waals surface area (Å²) in [6, 6.07) is 13.7. The number of benzene rings is 2. The van der Waals surface area contributed by atoms with Crippen LogP contribution in [0.5, 0.6) is 0 Å². The first kappa shape index (κ1) is 22.5. The highest BCUT2D eigenvalue weighted by Crippen LogP contribution is 2.32. The molecule has 3 aromatic heterocycles. The molecule has 0 aliphatic carbocycles. The van der Waals surface area contributed by atoms with Gasteiger partial charge in [0.2, 0.25) is 0 Å². The second kappa shape index (κ2) is 9.18. The minimum atomic E-state index is -0.593. The van der Waals surface area contributed by atoms with Crippen LogP contribution in [0.3, 0.4) is 0 Å². The molecule has 35 heavy (non-hydrogen) atoms. The summed E-state index contributed by atoms with van der Waals surface area (Å²) in [6.45, 7) is 6.51. The summed E-state index contributed by atoms with van der Waals surface area (Å²) in [5.41, 5.74) is 8.50. The van der Waals surface area contributed by atoms with E-state index in [-0.39, 0.29) is 6.54 Å². The number of nitrogens with one attached hydrogen (secondary N) is 2. The molecular weight excluding hydrogens is 444 g/mol. The maximum atomic E-state index is 13.5. The summed E-state index contributed by atoms with van der Waals surface area (Å²) in [4.78, 5) is 7.80. The highest BCUT2D eigenvalue weighted by atomic mass is 19.1. The Morgan fingerprint density at radius 2 is 1.86 bits per heavy atom. The van der Waals surface area contributed by atoms with Crippen molar-refractivity contribution in [2.45, 2.75) is 19.9 Å². The summed E-state index contributed by atoms with van der Waals surface area (Å²) < 4.78 is 28.9. The molecule has 0 aliphatic heterocycles. The zero-order chi connectivity index (χ0) is 24.5. The highest BCUT2D eigenvalue weighted by Gasteiger charge is 2.16. The van der Waals surface area contributed by atoms with E-state index in [0.717, 1.165) is 50.6 Å². The molecule has 0 atom stereocenters. The summed E-state index contributed by atoms with van der Waals surface area (Å²) in [5, 5.41) is 8.59. The molecule has 2 N–H and O–H groups in total. The molecule has 2 aromatic carbocycles. The molecule has 5 aromatic rings. The Morgan fingerprint density at radius 3 is 2.60 bits per heavy atom. The quantitative estimate of drug-likeness (QED) is 0.312. The van der Waals surface area contributed by atoms with Gasteiger partial charge in [0.25, 0.3) is 0 Å². The lowest BCUT2D eigenvalue weighted by Gasteiger charge is -2.16. The van der Waals surface area contributed by atoms with Gasteiger partial charge in [-0.05, 0) is 59.9 Å². The lowest BCUT2D eigenvalue weighted by molar-refractivity contribution is 0.578. The predicted molar refractivity (Wildman–Crippen MR) is 135 cm³/mol. The third-order valence-electron chi connectivity index (χ3n) is 6.34. The molecule has 0 spiro atoms. The first-order valence-corrected chi connectivity index (χ1v) is 11.3. The minimum absolute atomic E-state index is 0.277. The van der Waals surface area contributed by atoms with Gasteiger partial charge in [-0.15, -0.1) is 0 Å². The van der Waals surface area contributed by atoms with Crippen LogP contribution in [0.2, 0.25) is 0 Å². The van der Waals surface area contributed by atoms with Crippen molar-refractivity contribution in [3.05, 3.63) is 113 Å². The molecule has 176 valence electrons. The van der Waals surface area contributed by atoms with Gasteiger partial charge in [-0.3, -0.25) is 4.68 Å². The fourth-order valence-corrected chi connectivity index (χ4v) is 4.54. The molecule has 3 heterocycles. The van der Waals surface area contributed by atoms with Gasteiger partial charge in [-0.25, -0.2) is 13.8 Å². The third-order valence-corrected chi connectivity index (χ3v) is 6.34. The van der Waals surface area contributed by atoms with Gasteiger partial charge >= 0.3 is 0 Å². The number of aromatic amines is 1. The van der Waals surface area contributed by atoms with Gasteiger partial charge in [0, 0.05) is 60.5 Å². The van der Waals surface area contributed by atoms with E-state index in [1.807, 2.05) is 48.4 Å². The van der Waals surface area contributed by atoms with E-state index in [2.05, 4.69) is 40.0 Å². The van der Waals surface area contributed by atoms with Crippen LogP contribution in [0.4, 0.5) is 8.78 Å². The number of nitrogens with zero attached hydrogens (tertiary/aromatic N) is 3. The fraction of sp³-hybridized carbons (Fsp3) is 0.143. The Hall–Kier alpha value is -4.26. The van der Waals surface area contributed by atoms with Gasteiger partial charge in [-0.1, -0.05) is 24.8 Å². The van der Waals surface area contributed by atoms with Crippen LogP contribution in [0.1, 0.15) is 27.8 Å². The second-order valence-corrected chi connectivity index (χ2v) is 8.61. The number of pyridine rings is 1. The van der Waals surface area contributed by atoms with Gasteiger partial charge in [0.1, 0.15) is 17.3 Å². The Bertz CT molecular complexity index is 1530. The van der Waals surface area contributed by atoms with E-state index < -0.39 is 11.6 Å². The van der Waals surface area contributed by atoms with Crippen molar-refractivity contribution in [1.82, 2.24) is 25.1 Å². The smallest absolute Gasteiger partial charge is 0.138 e.